The molecule has 0 saturated carbocycles. The Morgan fingerprint density at radius 3 is 3.05 bits per heavy atom. The van der Waals surface area contributed by atoms with Gasteiger partial charge in [-0.05, 0) is 19.1 Å². The van der Waals surface area contributed by atoms with E-state index in [1.807, 2.05) is 12.1 Å². The van der Waals surface area contributed by atoms with Crippen molar-refractivity contribution in [1.82, 2.24) is 20.5 Å². The van der Waals surface area contributed by atoms with Crippen molar-refractivity contribution in [2.75, 3.05) is 29.9 Å². The number of anilines is 3. The molecule has 1 aliphatic rings. The first-order chi connectivity index (χ1) is 10.6. The Kier molecular flexibility index (Phi) is 4.26. The molecule has 0 amide bonds. The van der Waals surface area contributed by atoms with Gasteiger partial charge < -0.3 is 15.5 Å². The summed E-state index contributed by atoms with van der Waals surface area (Å²) in [5, 5.41) is 12.5. The second-order valence-corrected chi connectivity index (χ2v) is 5.59. The Balaban J connectivity index is 1.76. The van der Waals surface area contributed by atoms with E-state index in [9.17, 15) is 4.79 Å². The second-order valence-electron chi connectivity index (χ2n) is 5.21. The molecular weight excluding hydrogens is 304 g/mol. The van der Waals surface area contributed by atoms with Gasteiger partial charge in [0.1, 0.15) is 11.5 Å². The highest BCUT2D eigenvalue weighted by molar-refractivity contribution is 6.29. The number of aromatic nitrogens is 3. The lowest BCUT2D eigenvalue weighted by Crippen LogP contribution is -2.49. The number of hydrogen-bond donors (Lipinski definition) is 3. The van der Waals surface area contributed by atoms with Gasteiger partial charge in [-0.1, -0.05) is 11.6 Å². The van der Waals surface area contributed by atoms with Crippen LogP contribution in [0.1, 0.15) is 6.92 Å². The van der Waals surface area contributed by atoms with Crippen LogP contribution in [-0.2, 0) is 0 Å². The van der Waals surface area contributed by atoms with Crippen LogP contribution in [-0.4, -0.2) is 40.9 Å². The molecule has 0 radical (unpaired) electrons. The van der Waals surface area contributed by atoms with Gasteiger partial charge in [0.05, 0.1) is 11.9 Å². The van der Waals surface area contributed by atoms with E-state index in [4.69, 9.17) is 11.6 Å². The van der Waals surface area contributed by atoms with Crippen molar-refractivity contribution in [3.63, 3.8) is 0 Å². The fourth-order valence-electron chi connectivity index (χ4n) is 2.47. The first-order valence-electron chi connectivity index (χ1n) is 7.09. The van der Waals surface area contributed by atoms with Crippen molar-refractivity contribution in [2.24, 2.45) is 0 Å². The Hall–Kier alpha value is -2.12. The number of nitrogens with zero attached hydrogens (tertiary/aromatic N) is 3. The number of nitrogens with one attached hydrogen (secondary N) is 3. The van der Waals surface area contributed by atoms with E-state index in [-0.39, 0.29) is 10.7 Å². The average molecular weight is 321 g/mol. The maximum atomic E-state index is 11.7. The molecule has 3 heterocycles. The molecule has 2 aromatic heterocycles. The van der Waals surface area contributed by atoms with Crippen molar-refractivity contribution in [3.05, 3.63) is 39.9 Å². The molecule has 22 heavy (non-hydrogen) atoms. The van der Waals surface area contributed by atoms with Crippen LogP contribution in [0.4, 0.5) is 17.2 Å². The Bertz CT molecular complexity index is 701. The summed E-state index contributed by atoms with van der Waals surface area (Å²) in [6.07, 6.45) is 1.81. The fourth-order valence-corrected chi connectivity index (χ4v) is 2.62. The molecule has 116 valence electrons. The zero-order chi connectivity index (χ0) is 15.5. The van der Waals surface area contributed by atoms with Crippen molar-refractivity contribution in [1.29, 1.82) is 0 Å². The van der Waals surface area contributed by atoms with Crippen LogP contribution in [0.15, 0.2) is 29.2 Å². The van der Waals surface area contributed by atoms with Crippen LogP contribution >= 0.6 is 11.6 Å². The summed E-state index contributed by atoms with van der Waals surface area (Å²) in [6, 6.07) is 5.73. The first kappa shape index (κ1) is 14.8. The van der Waals surface area contributed by atoms with E-state index in [2.05, 4.69) is 37.6 Å². The van der Waals surface area contributed by atoms with Crippen LogP contribution in [0, 0.1) is 0 Å². The van der Waals surface area contributed by atoms with Gasteiger partial charge in [-0.2, -0.15) is 5.10 Å². The largest absolute Gasteiger partial charge is 0.365 e. The lowest BCUT2D eigenvalue weighted by atomic mass is 10.2. The molecular formula is C14H17ClN6O. The third-order valence-electron chi connectivity index (χ3n) is 3.62. The third-order valence-corrected chi connectivity index (χ3v) is 3.81. The summed E-state index contributed by atoms with van der Waals surface area (Å²) < 4.78 is 0. The molecule has 0 spiro atoms. The summed E-state index contributed by atoms with van der Waals surface area (Å²) >= 11 is 5.77. The van der Waals surface area contributed by atoms with E-state index >= 15 is 0 Å². The molecule has 1 aliphatic heterocycles. The Morgan fingerprint density at radius 1 is 1.45 bits per heavy atom. The van der Waals surface area contributed by atoms with E-state index < -0.39 is 0 Å². The Labute approximate surface area is 132 Å². The molecule has 1 fully saturated rings. The second kappa shape index (κ2) is 6.33. The number of rotatable bonds is 3. The van der Waals surface area contributed by atoms with Crippen molar-refractivity contribution in [3.8, 4) is 0 Å². The molecule has 1 atom stereocenters. The van der Waals surface area contributed by atoms with E-state index in [0.29, 0.717) is 17.5 Å². The number of pyridine rings is 1. The molecule has 7 nitrogen and oxygen atoms in total. The number of aromatic amines is 1. The van der Waals surface area contributed by atoms with Gasteiger partial charge in [-0.25, -0.2) is 10.1 Å². The van der Waals surface area contributed by atoms with Gasteiger partial charge in [-0.15, -0.1) is 0 Å². The van der Waals surface area contributed by atoms with Crippen LogP contribution in [0.25, 0.3) is 0 Å². The van der Waals surface area contributed by atoms with Crippen LogP contribution < -0.4 is 21.1 Å². The normalized spacial score (nSPS) is 18.3. The maximum Gasteiger partial charge on any atom is 0.287 e. The minimum absolute atomic E-state index is 0.216. The van der Waals surface area contributed by atoms with Gasteiger partial charge in [0.15, 0.2) is 5.15 Å². The summed E-state index contributed by atoms with van der Waals surface area (Å²) in [5.41, 5.74) is 1.04. The van der Waals surface area contributed by atoms with Crippen LogP contribution in [0.2, 0.25) is 5.15 Å². The quantitative estimate of drug-likeness (QED) is 0.791. The number of hydrogen-bond acceptors (Lipinski definition) is 6. The summed E-state index contributed by atoms with van der Waals surface area (Å²) in [4.78, 5) is 18.3. The van der Waals surface area contributed by atoms with E-state index in [1.54, 1.807) is 6.20 Å². The molecule has 0 aromatic carbocycles. The highest BCUT2D eigenvalue weighted by atomic mass is 35.5. The van der Waals surface area contributed by atoms with Crippen molar-refractivity contribution in [2.45, 2.75) is 13.0 Å². The smallest absolute Gasteiger partial charge is 0.287 e. The Morgan fingerprint density at radius 2 is 2.32 bits per heavy atom. The molecule has 1 saturated heterocycles. The summed E-state index contributed by atoms with van der Waals surface area (Å²) in [5.74, 6) is 0.583. The SMILES string of the molecule is CC1CNCCN1c1ccc(Nc2cc(Cl)n[nH]c2=O)nc1. The highest BCUT2D eigenvalue weighted by Crippen LogP contribution is 2.20. The molecule has 3 rings (SSSR count). The zero-order valence-corrected chi connectivity index (χ0v) is 12.9. The first-order valence-corrected chi connectivity index (χ1v) is 7.47. The number of piperazine rings is 1. The topological polar surface area (TPSA) is 85.9 Å². The predicted molar refractivity (Wildman–Crippen MR) is 87.1 cm³/mol. The van der Waals surface area contributed by atoms with Crippen LogP contribution in [0.3, 0.4) is 0 Å². The van der Waals surface area contributed by atoms with E-state index in [1.165, 1.54) is 6.07 Å². The maximum absolute atomic E-state index is 11.7. The standard InChI is InChI=1S/C14H17ClN6O/c1-9-7-16-4-5-21(9)10-2-3-13(17-8-10)18-11-6-12(15)19-20-14(11)22/h2-3,6,8-9,16H,4-5,7H2,1H3,(H,20,22)(H,17,18,19). The summed E-state index contributed by atoms with van der Waals surface area (Å²) in [6.45, 7) is 5.06. The number of H-pyrrole nitrogens is 1. The highest BCUT2D eigenvalue weighted by Gasteiger charge is 2.18. The van der Waals surface area contributed by atoms with Gasteiger partial charge in [0.2, 0.25) is 0 Å². The van der Waals surface area contributed by atoms with Crippen LogP contribution in [0.5, 0.6) is 0 Å². The molecule has 3 N–H and O–H groups in total. The molecule has 8 heteroatoms. The third kappa shape index (κ3) is 3.20. The lowest BCUT2D eigenvalue weighted by molar-refractivity contribution is 0.500. The van der Waals surface area contributed by atoms with Crippen molar-refractivity contribution < 1.29 is 0 Å². The van der Waals surface area contributed by atoms with E-state index in [0.717, 1.165) is 25.3 Å². The van der Waals surface area contributed by atoms with Gasteiger partial charge in [-0.3, -0.25) is 4.79 Å². The lowest BCUT2D eigenvalue weighted by Gasteiger charge is -2.35. The monoisotopic (exact) mass is 320 g/mol. The minimum atomic E-state index is -0.342. The molecule has 0 bridgehead atoms. The molecule has 2 aromatic rings. The number of halogens is 1. The van der Waals surface area contributed by atoms with Crippen molar-refractivity contribution >= 4 is 28.8 Å². The van der Waals surface area contributed by atoms with Gasteiger partial charge in [0.25, 0.3) is 5.56 Å². The zero-order valence-electron chi connectivity index (χ0n) is 12.1. The average Bonchev–Trinajstić information content (AvgIpc) is 2.52. The molecule has 1 unspecified atom stereocenters. The van der Waals surface area contributed by atoms with Gasteiger partial charge in [0, 0.05) is 31.7 Å². The molecule has 0 aliphatic carbocycles. The fraction of sp³-hybridized carbons (Fsp3) is 0.357. The van der Waals surface area contributed by atoms with Gasteiger partial charge >= 0.3 is 0 Å². The minimum Gasteiger partial charge on any atom is -0.365 e. The summed E-state index contributed by atoms with van der Waals surface area (Å²) in [7, 11) is 0. The predicted octanol–water partition coefficient (Wildman–Crippen LogP) is 1.36.